The highest BCUT2D eigenvalue weighted by atomic mass is 31.1. The average Bonchev–Trinajstić information content (AvgIpc) is 2.85. The van der Waals surface area contributed by atoms with E-state index in [0.717, 1.165) is 24.0 Å². The zero-order valence-corrected chi connectivity index (χ0v) is 7.92. The van der Waals surface area contributed by atoms with Crippen LogP contribution in [0.4, 0.5) is 0 Å². The van der Waals surface area contributed by atoms with Gasteiger partial charge >= 0.3 is 7.80 Å². The highest BCUT2D eigenvalue weighted by Gasteiger charge is 2.43. The summed E-state index contributed by atoms with van der Waals surface area (Å²) < 4.78 is 11.6. The third kappa shape index (κ3) is 1.54. The molecule has 0 radical (unpaired) electrons. The lowest BCUT2D eigenvalue weighted by molar-refractivity contribution is 0.592. The highest BCUT2D eigenvalue weighted by Crippen LogP contribution is 2.43. The zero-order valence-electron chi connectivity index (χ0n) is 7.03. The summed E-state index contributed by atoms with van der Waals surface area (Å²) in [5.41, 5.74) is 2.17. The quantitative estimate of drug-likeness (QED) is 0.651. The molecule has 1 atom stereocenters. The molecule has 0 N–H and O–H groups in total. The smallest absolute Gasteiger partial charge is 0.209 e. The van der Waals surface area contributed by atoms with E-state index < -0.39 is 7.80 Å². The van der Waals surface area contributed by atoms with E-state index in [-0.39, 0.29) is 0 Å². The molecule has 62 valence electrons. The first-order valence-electron chi connectivity index (χ1n) is 4.17. The van der Waals surface area contributed by atoms with Gasteiger partial charge in [-0.05, 0) is 25.8 Å². The molecule has 2 rings (SSSR count). The predicted octanol–water partition coefficient (Wildman–Crippen LogP) is 2.01. The molecule has 1 fully saturated rings. The van der Waals surface area contributed by atoms with E-state index in [4.69, 9.17) is 0 Å². The van der Waals surface area contributed by atoms with Crippen molar-refractivity contribution >= 4 is 13.2 Å². The molecule has 0 amide bonds. The predicted molar refractivity (Wildman–Crippen MR) is 49.2 cm³/mol. The van der Waals surface area contributed by atoms with Gasteiger partial charge in [-0.25, -0.2) is 4.98 Å². The standard InChI is InChI=1S/C9H11NOP/c1-7-3-2-4-9(10-7)12(11)8-5-6-8/h2-4,8H,5-6H2,1H3/q+1. The van der Waals surface area contributed by atoms with Gasteiger partial charge in [0.2, 0.25) is 0 Å². The molecule has 0 saturated heterocycles. The fourth-order valence-electron chi connectivity index (χ4n) is 1.15. The Kier molecular flexibility index (Phi) is 1.93. The Hall–Kier alpha value is -0.750. The number of nitrogens with zero attached hydrogens (tertiary/aromatic N) is 1. The number of rotatable bonds is 2. The molecule has 1 aromatic rings. The minimum atomic E-state index is -1.20. The van der Waals surface area contributed by atoms with Crippen molar-refractivity contribution in [2.75, 3.05) is 0 Å². The second kappa shape index (κ2) is 2.95. The summed E-state index contributed by atoms with van der Waals surface area (Å²) in [7, 11) is -1.20. The van der Waals surface area contributed by atoms with Crippen molar-refractivity contribution in [1.29, 1.82) is 0 Å². The molecule has 1 unspecified atom stereocenters. The average molecular weight is 180 g/mol. The molecule has 12 heavy (non-hydrogen) atoms. The van der Waals surface area contributed by atoms with Gasteiger partial charge in [0.15, 0.2) is 5.66 Å². The van der Waals surface area contributed by atoms with E-state index in [2.05, 4.69) is 4.98 Å². The van der Waals surface area contributed by atoms with E-state index >= 15 is 0 Å². The van der Waals surface area contributed by atoms with E-state index in [1.807, 2.05) is 25.1 Å². The molecular weight excluding hydrogens is 169 g/mol. The number of aryl methyl sites for hydroxylation is 1. The molecule has 1 heterocycles. The Balaban J connectivity index is 2.26. The van der Waals surface area contributed by atoms with Gasteiger partial charge in [-0.15, -0.1) is 0 Å². The van der Waals surface area contributed by atoms with Crippen molar-refractivity contribution in [3.05, 3.63) is 23.9 Å². The maximum Gasteiger partial charge on any atom is 0.400 e. The maximum atomic E-state index is 11.6. The first-order valence-corrected chi connectivity index (χ1v) is 5.50. The van der Waals surface area contributed by atoms with Crippen LogP contribution in [0.5, 0.6) is 0 Å². The third-order valence-corrected chi connectivity index (χ3v) is 3.86. The fraction of sp³-hybridized carbons (Fsp3) is 0.444. The van der Waals surface area contributed by atoms with Crippen molar-refractivity contribution < 1.29 is 4.57 Å². The van der Waals surface area contributed by atoms with Crippen LogP contribution in [0.3, 0.4) is 0 Å². The minimum Gasteiger partial charge on any atom is -0.209 e. The SMILES string of the molecule is Cc1cccc([P+](=O)C2CC2)n1. The molecule has 1 aromatic heterocycles. The summed E-state index contributed by atoms with van der Waals surface area (Å²) in [5.74, 6) is 0. The molecular formula is C9H11NOP+. The van der Waals surface area contributed by atoms with Crippen LogP contribution in [0.2, 0.25) is 0 Å². The van der Waals surface area contributed by atoms with Crippen LogP contribution in [-0.2, 0) is 4.57 Å². The van der Waals surface area contributed by atoms with Gasteiger partial charge in [-0.1, -0.05) is 10.6 Å². The Labute approximate surface area is 72.8 Å². The van der Waals surface area contributed by atoms with E-state index in [0.29, 0.717) is 5.66 Å². The number of aromatic nitrogens is 1. The fourth-order valence-corrected chi connectivity index (χ4v) is 2.63. The lowest BCUT2D eigenvalue weighted by atomic mass is 10.4. The monoisotopic (exact) mass is 180 g/mol. The van der Waals surface area contributed by atoms with Gasteiger partial charge < -0.3 is 0 Å². The third-order valence-electron chi connectivity index (χ3n) is 1.98. The second-order valence-electron chi connectivity index (χ2n) is 3.19. The Bertz CT molecular complexity index is 320. The Morgan fingerprint density at radius 2 is 2.25 bits per heavy atom. The lowest BCUT2D eigenvalue weighted by Crippen LogP contribution is -2.04. The normalized spacial score (nSPS) is 17.6. The van der Waals surface area contributed by atoms with Gasteiger partial charge in [-0.3, -0.25) is 0 Å². The Morgan fingerprint density at radius 1 is 1.50 bits per heavy atom. The first kappa shape index (κ1) is 7.88. The minimum absolute atomic E-state index is 0.425. The van der Waals surface area contributed by atoms with Crippen molar-refractivity contribution in [3.63, 3.8) is 0 Å². The van der Waals surface area contributed by atoms with Crippen LogP contribution in [0.15, 0.2) is 18.2 Å². The number of hydrogen-bond acceptors (Lipinski definition) is 2. The maximum absolute atomic E-state index is 11.6. The molecule has 1 aliphatic rings. The first-order chi connectivity index (χ1) is 5.77. The topological polar surface area (TPSA) is 30.0 Å². The number of pyridine rings is 1. The molecule has 2 nitrogen and oxygen atoms in total. The molecule has 0 spiro atoms. The van der Waals surface area contributed by atoms with Crippen molar-refractivity contribution in [1.82, 2.24) is 4.98 Å². The highest BCUT2D eigenvalue weighted by molar-refractivity contribution is 7.54. The van der Waals surface area contributed by atoms with E-state index in [1.54, 1.807) is 0 Å². The summed E-state index contributed by atoms with van der Waals surface area (Å²) in [6, 6.07) is 5.72. The van der Waals surface area contributed by atoms with Gasteiger partial charge in [0.25, 0.3) is 5.44 Å². The van der Waals surface area contributed by atoms with E-state index in [9.17, 15) is 4.57 Å². The van der Waals surface area contributed by atoms with Crippen LogP contribution in [0.25, 0.3) is 0 Å². The van der Waals surface area contributed by atoms with E-state index in [1.165, 1.54) is 0 Å². The molecule has 3 heteroatoms. The van der Waals surface area contributed by atoms with Crippen LogP contribution in [0, 0.1) is 6.92 Å². The van der Waals surface area contributed by atoms with Crippen molar-refractivity contribution in [2.45, 2.75) is 25.4 Å². The summed E-state index contributed by atoms with van der Waals surface area (Å²) >= 11 is 0. The van der Waals surface area contributed by atoms with Crippen molar-refractivity contribution in [3.8, 4) is 0 Å². The molecule has 1 aliphatic carbocycles. The summed E-state index contributed by atoms with van der Waals surface area (Å²) in [6.07, 6.45) is 2.23. The van der Waals surface area contributed by atoms with Gasteiger partial charge in [0.1, 0.15) is 0 Å². The molecule has 1 saturated carbocycles. The van der Waals surface area contributed by atoms with Gasteiger partial charge in [0.05, 0.1) is 0 Å². The second-order valence-corrected chi connectivity index (χ2v) is 5.03. The number of hydrogen-bond donors (Lipinski definition) is 0. The molecule has 0 aliphatic heterocycles. The molecule has 0 bridgehead atoms. The summed E-state index contributed by atoms with van der Waals surface area (Å²) in [4.78, 5) is 4.25. The van der Waals surface area contributed by atoms with Gasteiger partial charge in [0, 0.05) is 11.8 Å². The van der Waals surface area contributed by atoms with Crippen molar-refractivity contribution in [2.24, 2.45) is 0 Å². The van der Waals surface area contributed by atoms with Crippen LogP contribution < -0.4 is 5.44 Å². The zero-order chi connectivity index (χ0) is 8.55. The van der Waals surface area contributed by atoms with Gasteiger partial charge in [-0.2, -0.15) is 0 Å². The lowest BCUT2D eigenvalue weighted by Gasteiger charge is -1.88. The summed E-state index contributed by atoms with van der Waals surface area (Å²) in [6.45, 7) is 1.93. The summed E-state index contributed by atoms with van der Waals surface area (Å²) in [5, 5.41) is 0. The molecule has 0 aromatic carbocycles. The Morgan fingerprint density at radius 3 is 2.83 bits per heavy atom. The van der Waals surface area contributed by atoms with Crippen LogP contribution >= 0.6 is 7.80 Å². The largest absolute Gasteiger partial charge is 0.400 e. The van der Waals surface area contributed by atoms with Crippen LogP contribution in [-0.4, -0.2) is 10.6 Å². The van der Waals surface area contributed by atoms with Crippen LogP contribution in [0.1, 0.15) is 18.5 Å².